The molecule has 0 aliphatic carbocycles. The summed E-state index contributed by atoms with van der Waals surface area (Å²) in [5, 5.41) is 5.09. The van der Waals surface area contributed by atoms with Gasteiger partial charge in [-0.1, -0.05) is 23.0 Å². The second kappa shape index (κ2) is 3.95. The lowest BCUT2D eigenvalue weighted by Gasteiger charge is -1.99. The number of ether oxygens (including phenoxy) is 1. The zero-order chi connectivity index (χ0) is 10.8. The molecule has 0 aromatic carbocycles. The average Bonchev–Trinajstić information content (AvgIpc) is 2.47. The fourth-order valence-corrected chi connectivity index (χ4v) is 1.13. The van der Waals surface area contributed by atoms with Gasteiger partial charge in [-0.2, -0.15) is 13.2 Å². The smallest absolute Gasteiger partial charge is 0.445 e. The lowest BCUT2D eigenvalue weighted by molar-refractivity contribution is -0.138. The number of hydrogen-bond donors (Lipinski definition) is 0. The van der Waals surface area contributed by atoms with Crippen molar-refractivity contribution in [2.24, 2.45) is 0 Å². The molecule has 78 valence electrons. The van der Waals surface area contributed by atoms with Gasteiger partial charge in [0.25, 0.3) is 5.19 Å². The van der Waals surface area contributed by atoms with E-state index in [1.54, 1.807) is 6.92 Å². The van der Waals surface area contributed by atoms with Crippen LogP contribution in [-0.4, -0.2) is 16.8 Å². The van der Waals surface area contributed by atoms with E-state index in [2.05, 4.69) is 16.8 Å². The number of halogens is 3. The van der Waals surface area contributed by atoms with Crippen molar-refractivity contribution in [2.75, 3.05) is 6.61 Å². The van der Waals surface area contributed by atoms with Gasteiger partial charge in [0, 0.05) is 0 Å². The number of hydrogen-bond acceptors (Lipinski definition) is 4. The Bertz CT molecular complexity index is 334. The predicted octanol–water partition coefficient (Wildman–Crippen LogP) is 2.51. The number of alkyl halides is 3. The minimum Gasteiger partial charge on any atom is -0.464 e. The Morgan fingerprint density at radius 1 is 1.50 bits per heavy atom. The number of nitrogens with zero attached hydrogens (tertiary/aromatic N) is 2. The first-order valence-corrected chi connectivity index (χ1v) is 4.39. The van der Waals surface area contributed by atoms with Crippen LogP contribution < -0.4 is 4.74 Å². The molecule has 0 unspecified atom stereocenters. The van der Waals surface area contributed by atoms with Crippen molar-refractivity contribution in [3.8, 4) is 5.19 Å². The van der Waals surface area contributed by atoms with E-state index in [0.717, 1.165) is 0 Å². The molecule has 1 aromatic rings. The largest absolute Gasteiger partial charge is 0.464 e. The Kier molecular flexibility index (Phi) is 3.10. The van der Waals surface area contributed by atoms with Gasteiger partial charge in [0.1, 0.15) is 6.61 Å². The van der Waals surface area contributed by atoms with Crippen molar-refractivity contribution in [3.63, 3.8) is 0 Å². The SMILES string of the molecule is C=C(C)COc1nnc(C(F)(F)F)s1. The molecule has 0 bridgehead atoms. The van der Waals surface area contributed by atoms with Gasteiger partial charge in [0.05, 0.1) is 0 Å². The second-order valence-electron chi connectivity index (χ2n) is 2.62. The fourth-order valence-electron chi connectivity index (χ4n) is 0.568. The summed E-state index contributed by atoms with van der Waals surface area (Å²) in [7, 11) is 0. The maximum absolute atomic E-state index is 12.0. The van der Waals surface area contributed by atoms with E-state index in [1.165, 1.54) is 0 Å². The molecule has 0 amide bonds. The van der Waals surface area contributed by atoms with Crippen LogP contribution in [0.15, 0.2) is 12.2 Å². The minimum atomic E-state index is -4.46. The summed E-state index contributed by atoms with van der Waals surface area (Å²) in [6, 6.07) is 0. The van der Waals surface area contributed by atoms with Gasteiger partial charge in [-0.05, 0) is 12.5 Å². The van der Waals surface area contributed by atoms with E-state index < -0.39 is 11.2 Å². The lowest BCUT2D eigenvalue weighted by Crippen LogP contribution is -2.03. The first-order chi connectivity index (χ1) is 6.39. The molecular formula is C7H7F3N2OS. The fraction of sp³-hybridized carbons (Fsp3) is 0.429. The summed E-state index contributed by atoms with van der Waals surface area (Å²) in [6.07, 6.45) is -4.46. The van der Waals surface area contributed by atoms with Crippen LogP contribution in [0.2, 0.25) is 0 Å². The molecule has 0 aliphatic heterocycles. The molecule has 0 spiro atoms. The monoisotopic (exact) mass is 224 g/mol. The van der Waals surface area contributed by atoms with Crippen LogP contribution in [0.4, 0.5) is 13.2 Å². The van der Waals surface area contributed by atoms with Gasteiger partial charge >= 0.3 is 6.18 Å². The Balaban J connectivity index is 2.64. The van der Waals surface area contributed by atoms with Crippen LogP contribution in [0, 0.1) is 0 Å². The molecule has 3 nitrogen and oxygen atoms in total. The third-order valence-electron chi connectivity index (χ3n) is 1.09. The first kappa shape index (κ1) is 11.0. The van der Waals surface area contributed by atoms with E-state index >= 15 is 0 Å². The average molecular weight is 224 g/mol. The zero-order valence-corrected chi connectivity index (χ0v) is 8.08. The quantitative estimate of drug-likeness (QED) is 0.740. The summed E-state index contributed by atoms with van der Waals surface area (Å²) in [5.74, 6) is 0. The van der Waals surface area contributed by atoms with Gasteiger partial charge in [0.15, 0.2) is 0 Å². The third-order valence-corrected chi connectivity index (χ3v) is 1.97. The molecular weight excluding hydrogens is 217 g/mol. The summed E-state index contributed by atoms with van der Waals surface area (Å²) in [4.78, 5) is 0. The predicted molar refractivity (Wildman–Crippen MR) is 45.2 cm³/mol. The molecule has 14 heavy (non-hydrogen) atoms. The van der Waals surface area contributed by atoms with Crippen molar-refractivity contribution in [1.29, 1.82) is 0 Å². The maximum Gasteiger partial charge on any atom is 0.445 e. The molecule has 0 N–H and O–H groups in total. The first-order valence-electron chi connectivity index (χ1n) is 3.57. The summed E-state index contributed by atoms with van der Waals surface area (Å²) >= 11 is 0.371. The van der Waals surface area contributed by atoms with Gasteiger partial charge < -0.3 is 4.74 Å². The molecule has 0 saturated carbocycles. The standard InChI is InChI=1S/C7H7F3N2OS/c1-4(2)3-13-6-12-11-5(14-6)7(8,9)10/h1,3H2,2H3. The Morgan fingerprint density at radius 2 is 2.14 bits per heavy atom. The van der Waals surface area contributed by atoms with E-state index in [1.807, 2.05) is 0 Å². The Labute approximate surface area is 82.2 Å². The maximum atomic E-state index is 12.0. The van der Waals surface area contributed by atoms with Crippen molar-refractivity contribution < 1.29 is 17.9 Å². The van der Waals surface area contributed by atoms with Crippen LogP contribution in [0.5, 0.6) is 5.19 Å². The van der Waals surface area contributed by atoms with Gasteiger partial charge in [-0.3, -0.25) is 0 Å². The highest BCUT2D eigenvalue weighted by atomic mass is 32.1. The highest BCUT2D eigenvalue weighted by Gasteiger charge is 2.35. The molecule has 0 saturated heterocycles. The topological polar surface area (TPSA) is 35.0 Å². The molecule has 1 aromatic heterocycles. The van der Waals surface area contributed by atoms with E-state index in [0.29, 0.717) is 16.9 Å². The van der Waals surface area contributed by atoms with Crippen LogP contribution in [0.3, 0.4) is 0 Å². The Hall–Kier alpha value is -1.11. The van der Waals surface area contributed by atoms with E-state index in [4.69, 9.17) is 4.74 Å². The molecule has 1 rings (SSSR count). The molecule has 0 radical (unpaired) electrons. The van der Waals surface area contributed by atoms with Crippen molar-refractivity contribution in [2.45, 2.75) is 13.1 Å². The molecule has 0 atom stereocenters. The van der Waals surface area contributed by atoms with Crippen molar-refractivity contribution in [3.05, 3.63) is 17.2 Å². The van der Waals surface area contributed by atoms with Crippen LogP contribution in [0.1, 0.15) is 11.9 Å². The lowest BCUT2D eigenvalue weighted by atomic mass is 10.4. The minimum absolute atomic E-state index is 0.0969. The molecule has 7 heteroatoms. The summed E-state index contributed by atoms with van der Waals surface area (Å²) in [6.45, 7) is 5.38. The van der Waals surface area contributed by atoms with E-state index in [9.17, 15) is 13.2 Å². The highest BCUT2D eigenvalue weighted by molar-refractivity contribution is 7.13. The van der Waals surface area contributed by atoms with Gasteiger partial charge in [0.2, 0.25) is 5.01 Å². The van der Waals surface area contributed by atoms with Crippen molar-refractivity contribution in [1.82, 2.24) is 10.2 Å². The molecule has 1 heterocycles. The van der Waals surface area contributed by atoms with Crippen LogP contribution in [-0.2, 0) is 6.18 Å². The van der Waals surface area contributed by atoms with E-state index in [-0.39, 0.29) is 11.8 Å². The Morgan fingerprint density at radius 3 is 2.57 bits per heavy atom. The van der Waals surface area contributed by atoms with Crippen molar-refractivity contribution >= 4 is 11.3 Å². The molecule has 0 aliphatic rings. The molecule has 0 fully saturated rings. The van der Waals surface area contributed by atoms with Gasteiger partial charge in [-0.15, -0.1) is 5.10 Å². The third kappa shape index (κ3) is 2.99. The van der Waals surface area contributed by atoms with Crippen LogP contribution >= 0.6 is 11.3 Å². The van der Waals surface area contributed by atoms with Gasteiger partial charge in [-0.25, -0.2) is 0 Å². The highest BCUT2D eigenvalue weighted by Crippen LogP contribution is 2.33. The van der Waals surface area contributed by atoms with Crippen LogP contribution in [0.25, 0.3) is 0 Å². The zero-order valence-electron chi connectivity index (χ0n) is 7.26. The number of rotatable bonds is 3. The normalized spacial score (nSPS) is 11.4. The second-order valence-corrected chi connectivity index (χ2v) is 3.56. The summed E-state index contributed by atoms with van der Waals surface area (Å²) in [5.41, 5.74) is 0.703. The summed E-state index contributed by atoms with van der Waals surface area (Å²) < 4.78 is 41.0. The number of aromatic nitrogens is 2.